The Hall–Kier alpha value is -0.810. The van der Waals surface area contributed by atoms with E-state index in [1.165, 1.54) is 4.90 Å². The lowest BCUT2D eigenvalue weighted by Gasteiger charge is -2.15. The molecule has 70 valence electrons. The number of nitrogens with one attached hydrogen (secondary N) is 1. The van der Waals surface area contributed by atoms with Crippen molar-refractivity contribution in [1.82, 2.24) is 10.2 Å². The first kappa shape index (κ1) is 9.28. The molecule has 0 aromatic rings. The van der Waals surface area contributed by atoms with Crippen LogP contribution in [0.1, 0.15) is 6.42 Å². The lowest BCUT2D eigenvalue weighted by Crippen LogP contribution is -2.33. The number of β-amino-alcohol motifs (C(OH)–C–C–N with tert-alkyl or cyclic N) is 1. The van der Waals surface area contributed by atoms with E-state index in [0.29, 0.717) is 13.0 Å². The minimum atomic E-state index is -0.398. The monoisotopic (exact) mass is 174 g/mol. The lowest BCUT2D eigenvalue weighted by molar-refractivity contribution is 0.0608. The minimum Gasteiger partial charge on any atom is -0.430 e. The number of nitrogens with zero attached hydrogens (tertiary/aromatic N) is 1. The molecule has 0 aromatic heterocycles. The van der Waals surface area contributed by atoms with Crippen molar-refractivity contribution in [3.8, 4) is 0 Å². The van der Waals surface area contributed by atoms with Crippen LogP contribution in [-0.4, -0.2) is 49.1 Å². The standard InChI is InChI=1S/C7H14N2O3/c1-9(2)7(11)12-6-3-5(10)4-8-6/h5-6,8,10H,3-4H2,1-2H3. The zero-order chi connectivity index (χ0) is 9.14. The van der Waals surface area contributed by atoms with Crippen LogP contribution in [0.15, 0.2) is 0 Å². The van der Waals surface area contributed by atoms with E-state index in [2.05, 4.69) is 5.32 Å². The third-order valence-electron chi connectivity index (χ3n) is 1.68. The van der Waals surface area contributed by atoms with Gasteiger partial charge in [0.1, 0.15) is 0 Å². The van der Waals surface area contributed by atoms with Crippen molar-refractivity contribution in [2.45, 2.75) is 18.8 Å². The summed E-state index contributed by atoms with van der Waals surface area (Å²) in [6.07, 6.45) is -0.652. The number of aliphatic hydroxyl groups is 1. The first-order chi connectivity index (χ1) is 5.59. The summed E-state index contributed by atoms with van der Waals surface area (Å²) in [4.78, 5) is 12.3. The predicted octanol–water partition coefficient (Wildman–Crippen LogP) is -0.635. The van der Waals surface area contributed by atoms with Crippen molar-refractivity contribution < 1.29 is 14.6 Å². The zero-order valence-electron chi connectivity index (χ0n) is 7.28. The molecular formula is C7H14N2O3. The van der Waals surface area contributed by atoms with Crippen molar-refractivity contribution in [2.75, 3.05) is 20.6 Å². The third kappa shape index (κ3) is 2.35. The van der Waals surface area contributed by atoms with E-state index >= 15 is 0 Å². The highest BCUT2D eigenvalue weighted by Crippen LogP contribution is 2.08. The Morgan fingerprint density at radius 1 is 1.67 bits per heavy atom. The molecule has 1 rings (SSSR count). The van der Waals surface area contributed by atoms with Gasteiger partial charge in [-0.15, -0.1) is 0 Å². The van der Waals surface area contributed by atoms with Crippen molar-refractivity contribution in [1.29, 1.82) is 0 Å². The van der Waals surface area contributed by atoms with Gasteiger partial charge < -0.3 is 14.7 Å². The Morgan fingerprint density at radius 3 is 2.75 bits per heavy atom. The summed E-state index contributed by atoms with van der Waals surface area (Å²) in [6, 6.07) is 0. The Balaban J connectivity index is 2.28. The second-order valence-corrected chi connectivity index (χ2v) is 3.06. The maximum Gasteiger partial charge on any atom is 0.410 e. The van der Waals surface area contributed by atoms with Crippen LogP contribution in [0.25, 0.3) is 0 Å². The van der Waals surface area contributed by atoms with Gasteiger partial charge in [-0.1, -0.05) is 0 Å². The fourth-order valence-electron chi connectivity index (χ4n) is 0.998. The summed E-state index contributed by atoms with van der Waals surface area (Å²) in [5.74, 6) is 0. The van der Waals surface area contributed by atoms with Crippen LogP contribution in [0, 0.1) is 0 Å². The smallest absolute Gasteiger partial charge is 0.410 e. The normalized spacial score (nSPS) is 28.6. The van der Waals surface area contributed by atoms with Crippen molar-refractivity contribution in [2.24, 2.45) is 0 Å². The predicted molar refractivity (Wildman–Crippen MR) is 42.6 cm³/mol. The molecule has 1 aliphatic heterocycles. The first-order valence-electron chi connectivity index (χ1n) is 3.89. The van der Waals surface area contributed by atoms with Crippen molar-refractivity contribution in [3.63, 3.8) is 0 Å². The second-order valence-electron chi connectivity index (χ2n) is 3.06. The average molecular weight is 174 g/mol. The molecule has 2 unspecified atom stereocenters. The highest BCUT2D eigenvalue weighted by atomic mass is 16.6. The Kier molecular flexibility index (Phi) is 2.88. The number of hydrogen-bond donors (Lipinski definition) is 2. The summed E-state index contributed by atoms with van der Waals surface area (Å²) in [6.45, 7) is 0.491. The third-order valence-corrected chi connectivity index (χ3v) is 1.68. The van der Waals surface area contributed by atoms with E-state index in [1.807, 2.05) is 0 Å². The highest BCUT2D eigenvalue weighted by Gasteiger charge is 2.25. The molecule has 2 N–H and O–H groups in total. The number of hydrogen-bond acceptors (Lipinski definition) is 4. The van der Waals surface area contributed by atoms with Gasteiger partial charge in [-0.05, 0) is 0 Å². The molecule has 2 atom stereocenters. The van der Waals surface area contributed by atoms with Crippen LogP contribution in [0.3, 0.4) is 0 Å². The molecule has 5 nitrogen and oxygen atoms in total. The molecule has 0 bridgehead atoms. The van der Waals surface area contributed by atoms with Gasteiger partial charge in [-0.25, -0.2) is 4.79 Å². The minimum absolute atomic E-state index is 0.338. The quantitative estimate of drug-likeness (QED) is 0.555. The fourth-order valence-corrected chi connectivity index (χ4v) is 0.998. The summed E-state index contributed by atoms with van der Waals surface area (Å²) in [5, 5.41) is 12.0. The Labute approximate surface area is 71.3 Å². The number of carbonyl (C=O) groups is 1. The molecule has 1 aliphatic rings. The van der Waals surface area contributed by atoms with E-state index in [9.17, 15) is 4.79 Å². The molecule has 12 heavy (non-hydrogen) atoms. The van der Waals surface area contributed by atoms with Crippen molar-refractivity contribution >= 4 is 6.09 Å². The summed E-state index contributed by atoms with van der Waals surface area (Å²) in [7, 11) is 3.24. The van der Waals surface area contributed by atoms with Gasteiger partial charge in [0.05, 0.1) is 6.10 Å². The van der Waals surface area contributed by atoms with Gasteiger partial charge in [0.25, 0.3) is 0 Å². The van der Waals surface area contributed by atoms with Crippen LogP contribution in [0.2, 0.25) is 0 Å². The van der Waals surface area contributed by atoms with Crippen LogP contribution < -0.4 is 5.32 Å². The van der Waals surface area contributed by atoms with Gasteiger partial charge in [0.15, 0.2) is 6.23 Å². The van der Waals surface area contributed by atoms with E-state index < -0.39 is 6.10 Å². The molecule has 1 saturated heterocycles. The molecule has 1 amide bonds. The highest BCUT2D eigenvalue weighted by molar-refractivity contribution is 5.66. The average Bonchev–Trinajstić information content (AvgIpc) is 2.35. The van der Waals surface area contributed by atoms with E-state index in [4.69, 9.17) is 9.84 Å². The molecular weight excluding hydrogens is 160 g/mol. The molecule has 0 spiro atoms. The van der Waals surface area contributed by atoms with Crippen LogP contribution in [-0.2, 0) is 4.74 Å². The van der Waals surface area contributed by atoms with Crippen LogP contribution in [0.5, 0.6) is 0 Å². The zero-order valence-corrected chi connectivity index (χ0v) is 7.28. The number of rotatable bonds is 1. The fraction of sp³-hybridized carbons (Fsp3) is 0.857. The number of ether oxygens (including phenoxy) is 1. The molecule has 0 aromatic carbocycles. The van der Waals surface area contributed by atoms with Crippen LogP contribution >= 0.6 is 0 Å². The SMILES string of the molecule is CN(C)C(=O)OC1CC(O)CN1. The van der Waals surface area contributed by atoms with Gasteiger partial charge in [-0.2, -0.15) is 0 Å². The van der Waals surface area contributed by atoms with E-state index in [-0.39, 0.29) is 12.3 Å². The molecule has 0 saturated carbocycles. The second kappa shape index (κ2) is 3.73. The maximum absolute atomic E-state index is 11.0. The summed E-state index contributed by atoms with van der Waals surface area (Å²) in [5.41, 5.74) is 0. The number of amides is 1. The number of carbonyl (C=O) groups excluding carboxylic acids is 1. The molecule has 1 fully saturated rings. The van der Waals surface area contributed by atoms with Gasteiger partial charge >= 0.3 is 6.09 Å². The van der Waals surface area contributed by atoms with Crippen LogP contribution in [0.4, 0.5) is 4.79 Å². The summed E-state index contributed by atoms with van der Waals surface area (Å²) >= 11 is 0. The van der Waals surface area contributed by atoms with E-state index in [0.717, 1.165) is 0 Å². The Bertz CT molecular complexity index is 172. The van der Waals surface area contributed by atoms with Gasteiger partial charge in [0.2, 0.25) is 0 Å². The maximum atomic E-state index is 11.0. The van der Waals surface area contributed by atoms with Crippen molar-refractivity contribution in [3.05, 3.63) is 0 Å². The topological polar surface area (TPSA) is 61.8 Å². The molecule has 5 heteroatoms. The Morgan fingerprint density at radius 2 is 2.33 bits per heavy atom. The molecule has 1 heterocycles. The van der Waals surface area contributed by atoms with E-state index in [1.54, 1.807) is 14.1 Å². The number of aliphatic hydroxyl groups excluding tert-OH is 1. The summed E-state index contributed by atoms with van der Waals surface area (Å²) < 4.78 is 4.96. The first-order valence-corrected chi connectivity index (χ1v) is 3.89. The lowest BCUT2D eigenvalue weighted by atomic mass is 10.3. The molecule has 0 aliphatic carbocycles. The molecule has 0 radical (unpaired) electrons. The largest absolute Gasteiger partial charge is 0.430 e. The van der Waals surface area contributed by atoms with Gasteiger partial charge in [-0.3, -0.25) is 5.32 Å². The van der Waals surface area contributed by atoms with Gasteiger partial charge in [0, 0.05) is 27.1 Å².